The Morgan fingerprint density at radius 1 is 0.929 bits per heavy atom. The predicted molar refractivity (Wildman–Crippen MR) is 111 cm³/mol. The summed E-state index contributed by atoms with van der Waals surface area (Å²) in [6.45, 7) is 0.536. The first-order chi connectivity index (χ1) is 13.6. The Hall–Kier alpha value is -3.18. The number of pyridine rings is 1. The first-order valence-electron chi connectivity index (χ1n) is 8.97. The summed E-state index contributed by atoms with van der Waals surface area (Å²) in [7, 11) is 0. The number of carbonyl (C=O) groups is 2. The fourth-order valence-electron chi connectivity index (χ4n) is 2.70. The number of nitrogens with zero attached hydrogens (tertiary/aromatic N) is 1. The van der Waals surface area contributed by atoms with E-state index in [4.69, 9.17) is 11.6 Å². The Kier molecular flexibility index (Phi) is 6.76. The second-order valence-electron chi connectivity index (χ2n) is 6.24. The van der Waals surface area contributed by atoms with Crippen LogP contribution in [0.2, 0.25) is 5.02 Å². The van der Waals surface area contributed by atoms with E-state index in [-0.39, 0.29) is 17.5 Å². The van der Waals surface area contributed by atoms with Crippen LogP contribution in [0, 0.1) is 0 Å². The number of rotatable bonds is 7. The second-order valence-corrected chi connectivity index (χ2v) is 6.68. The molecule has 142 valence electrons. The summed E-state index contributed by atoms with van der Waals surface area (Å²) in [4.78, 5) is 28.8. The lowest BCUT2D eigenvalue weighted by molar-refractivity contribution is 0.0948. The topological polar surface area (TPSA) is 71.1 Å². The van der Waals surface area contributed by atoms with E-state index in [1.165, 1.54) is 17.8 Å². The first-order valence-corrected chi connectivity index (χ1v) is 9.35. The number of carbonyl (C=O) groups excluding carboxylic acids is 2. The van der Waals surface area contributed by atoms with Crippen molar-refractivity contribution in [1.29, 1.82) is 0 Å². The van der Waals surface area contributed by atoms with Crippen LogP contribution in [0.3, 0.4) is 0 Å². The smallest absolute Gasteiger partial charge is 0.269 e. The Morgan fingerprint density at radius 3 is 2.54 bits per heavy atom. The Morgan fingerprint density at radius 2 is 1.75 bits per heavy atom. The molecule has 1 aromatic heterocycles. The number of hydrogen-bond acceptors (Lipinski definition) is 3. The maximum absolute atomic E-state index is 12.4. The van der Waals surface area contributed by atoms with Crippen LogP contribution >= 0.6 is 11.6 Å². The van der Waals surface area contributed by atoms with Crippen molar-refractivity contribution in [1.82, 2.24) is 10.3 Å². The summed E-state index contributed by atoms with van der Waals surface area (Å²) in [5.41, 5.74) is 2.37. The van der Waals surface area contributed by atoms with Gasteiger partial charge >= 0.3 is 0 Å². The van der Waals surface area contributed by atoms with Gasteiger partial charge in [-0.15, -0.1) is 0 Å². The summed E-state index contributed by atoms with van der Waals surface area (Å²) in [5.74, 6) is -0.631. The van der Waals surface area contributed by atoms with Gasteiger partial charge in [-0.3, -0.25) is 14.6 Å². The van der Waals surface area contributed by atoms with E-state index in [0.29, 0.717) is 22.8 Å². The Balaban J connectivity index is 1.54. The van der Waals surface area contributed by atoms with E-state index >= 15 is 0 Å². The first kappa shape index (κ1) is 19.6. The molecule has 2 N–H and O–H groups in total. The normalized spacial score (nSPS) is 10.3. The maximum Gasteiger partial charge on any atom is 0.269 e. The lowest BCUT2D eigenvalue weighted by atomic mass is 10.1. The van der Waals surface area contributed by atoms with Gasteiger partial charge in [-0.2, -0.15) is 0 Å². The van der Waals surface area contributed by atoms with Crippen LogP contribution in [-0.4, -0.2) is 23.3 Å². The number of halogens is 1. The van der Waals surface area contributed by atoms with Gasteiger partial charge in [-0.05, 0) is 48.7 Å². The molecule has 0 fully saturated rings. The maximum atomic E-state index is 12.4. The predicted octanol–water partition coefficient (Wildman–Crippen LogP) is 4.35. The van der Waals surface area contributed by atoms with Crippen LogP contribution in [0.25, 0.3) is 0 Å². The molecule has 0 saturated carbocycles. The number of nitrogens with one attached hydrogen (secondary N) is 2. The quantitative estimate of drug-likeness (QED) is 0.586. The molecule has 0 bridgehead atoms. The summed E-state index contributed by atoms with van der Waals surface area (Å²) in [5, 5.41) is 6.13. The molecule has 0 aliphatic carbocycles. The molecule has 0 aliphatic heterocycles. The van der Waals surface area contributed by atoms with Gasteiger partial charge in [0.2, 0.25) is 0 Å². The highest BCUT2D eigenvalue weighted by Crippen LogP contribution is 2.16. The molecule has 2 aromatic carbocycles. The van der Waals surface area contributed by atoms with E-state index in [1.54, 1.807) is 30.3 Å². The average Bonchev–Trinajstić information content (AvgIpc) is 2.72. The zero-order valence-corrected chi connectivity index (χ0v) is 15.9. The Bertz CT molecular complexity index is 961. The fraction of sp³-hybridized carbons (Fsp3) is 0.136. The molecular weight excluding hydrogens is 374 g/mol. The molecule has 0 atom stereocenters. The minimum absolute atomic E-state index is 0.207. The van der Waals surface area contributed by atoms with Gasteiger partial charge in [0.25, 0.3) is 11.8 Å². The minimum atomic E-state index is -0.331. The van der Waals surface area contributed by atoms with Crippen molar-refractivity contribution < 1.29 is 9.59 Å². The van der Waals surface area contributed by atoms with Gasteiger partial charge in [-0.1, -0.05) is 48.0 Å². The van der Waals surface area contributed by atoms with Gasteiger partial charge in [0.05, 0.1) is 0 Å². The van der Waals surface area contributed by atoms with Crippen molar-refractivity contribution in [2.24, 2.45) is 0 Å². The Labute approximate surface area is 168 Å². The fourth-order valence-corrected chi connectivity index (χ4v) is 2.89. The minimum Gasteiger partial charge on any atom is -0.351 e. The summed E-state index contributed by atoms with van der Waals surface area (Å²) < 4.78 is 0. The van der Waals surface area contributed by atoms with Crippen molar-refractivity contribution in [3.63, 3.8) is 0 Å². The number of benzene rings is 2. The third-order valence-electron chi connectivity index (χ3n) is 4.11. The molecule has 1 heterocycles. The molecular formula is C22H20ClN3O2. The molecule has 0 radical (unpaired) electrons. The molecule has 3 aromatic rings. The van der Waals surface area contributed by atoms with Crippen LogP contribution in [0.5, 0.6) is 0 Å². The monoisotopic (exact) mass is 393 g/mol. The molecule has 0 spiro atoms. The van der Waals surface area contributed by atoms with Crippen molar-refractivity contribution >= 4 is 29.1 Å². The zero-order chi connectivity index (χ0) is 19.8. The van der Waals surface area contributed by atoms with Crippen molar-refractivity contribution in [3.8, 4) is 0 Å². The van der Waals surface area contributed by atoms with Gasteiger partial charge in [0, 0.05) is 29.0 Å². The molecule has 28 heavy (non-hydrogen) atoms. The number of hydrogen-bond donors (Lipinski definition) is 2. The van der Waals surface area contributed by atoms with Crippen LogP contribution in [0.1, 0.15) is 32.8 Å². The molecule has 6 heteroatoms. The van der Waals surface area contributed by atoms with Crippen molar-refractivity contribution in [2.45, 2.75) is 12.8 Å². The average molecular weight is 394 g/mol. The molecule has 0 aliphatic rings. The van der Waals surface area contributed by atoms with Crippen LogP contribution in [0.4, 0.5) is 5.69 Å². The van der Waals surface area contributed by atoms with Gasteiger partial charge in [0.1, 0.15) is 5.69 Å². The van der Waals surface area contributed by atoms with Crippen LogP contribution < -0.4 is 10.6 Å². The van der Waals surface area contributed by atoms with Gasteiger partial charge < -0.3 is 10.6 Å². The number of aromatic nitrogens is 1. The molecule has 3 rings (SSSR count). The number of anilines is 1. The van der Waals surface area contributed by atoms with E-state index in [2.05, 4.69) is 27.8 Å². The van der Waals surface area contributed by atoms with Crippen LogP contribution in [-0.2, 0) is 6.42 Å². The van der Waals surface area contributed by atoms with Crippen molar-refractivity contribution in [2.75, 3.05) is 11.9 Å². The SMILES string of the molecule is O=C(Nc1cccc(Cl)c1)c1ccnc(C(=O)NCCCc2ccccc2)c1. The summed E-state index contributed by atoms with van der Waals surface area (Å²) in [6.07, 6.45) is 3.16. The van der Waals surface area contributed by atoms with Gasteiger partial charge in [0.15, 0.2) is 0 Å². The third kappa shape index (κ3) is 5.66. The second kappa shape index (κ2) is 9.67. The van der Waals surface area contributed by atoms with E-state index < -0.39 is 0 Å². The number of aryl methyl sites for hydroxylation is 1. The summed E-state index contributed by atoms with van der Waals surface area (Å²) >= 11 is 5.93. The highest BCUT2D eigenvalue weighted by Gasteiger charge is 2.12. The van der Waals surface area contributed by atoms with Crippen molar-refractivity contribution in [3.05, 3.63) is 94.8 Å². The number of amides is 2. The lowest BCUT2D eigenvalue weighted by Gasteiger charge is -2.08. The molecule has 0 saturated heterocycles. The standard InChI is InChI=1S/C22H20ClN3O2/c23-18-9-4-10-19(15-18)26-21(27)17-11-13-24-20(14-17)22(28)25-12-5-8-16-6-2-1-3-7-16/h1-4,6-7,9-11,13-15H,5,8,12H2,(H,25,28)(H,26,27). The highest BCUT2D eigenvalue weighted by atomic mass is 35.5. The molecule has 2 amide bonds. The zero-order valence-electron chi connectivity index (χ0n) is 15.2. The molecule has 0 unspecified atom stereocenters. The van der Waals surface area contributed by atoms with E-state index in [9.17, 15) is 9.59 Å². The third-order valence-corrected chi connectivity index (χ3v) is 4.34. The summed E-state index contributed by atoms with van der Waals surface area (Å²) in [6, 6.07) is 20.0. The van der Waals surface area contributed by atoms with E-state index in [0.717, 1.165) is 12.8 Å². The molecule has 5 nitrogen and oxygen atoms in total. The lowest BCUT2D eigenvalue weighted by Crippen LogP contribution is -2.26. The van der Waals surface area contributed by atoms with E-state index in [1.807, 2.05) is 18.2 Å². The van der Waals surface area contributed by atoms with Crippen LogP contribution in [0.15, 0.2) is 72.9 Å². The highest BCUT2D eigenvalue weighted by molar-refractivity contribution is 6.31. The van der Waals surface area contributed by atoms with Gasteiger partial charge in [-0.25, -0.2) is 0 Å². The largest absolute Gasteiger partial charge is 0.351 e.